The monoisotopic (exact) mass is 213 g/mol. The number of hydrogen-bond acceptors (Lipinski definition) is 2. The molecule has 16 heavy (non-hydrogen) atoms. The fourth-order valence-corrected chi connectivity index (χ4v) is 2.27. The summed E-state index contributed by atoms with van der Waals surface area (Å²) in [5.41, 5.74) is 2.26. The van der Waals surface area contributed by atoms with Gasteiger partial charge in [-0.05, 0) is 30.4 Å². The number of ketones is 1. The number of Topliss-reactive ketones (excluding diaryl/α,β-unsaturated/α-hetero) is 1. The summed E-state index contributed by atoms with van der Waals surface area (Å²) in [5, 5.41) is 8.56. The number of carbonyl (C=O) groups is 1. The molecule has 0 N–H and O–H groups in total. The summed E-state index contributed by atoms with van der Waals surface area (Å²) in [6.45, 7) is 0. The molecule has 1 aromatic carbocycles. The van der Waals surface area contributed by atoms with Gasteiger partial charge in [-0.2, -0.15) is 5.26 Å². The molecular formula is C14H15NO. The molecule has 82 valence electrons. The van der Waals surface area contributed by atoms with Crippen LogP contribution in [-0.4, -0.2) is 5.78 Å². The maximum Gasteiger partial charge on any atom is 0.136 e. The first kappa shape index (κ1) is 10.9. The highest BCUT2D eigenvalue weighted by Crippen LogP contribution is 2.25. The van der Waals surface area contributed by atoms with E-state index in [4.69, 9.17) is 5.26 Å². The van der Waals surface area contributed by atoms with Crippen LogP contribution in [0, 0.1) is 17.2 Å². The van der Waals surface area contributed by atoms with E-state index in [0.717, 1.165) is 31.2 Å². The molecule has 2 rings (SSSR count). The zero-order chi connectivity index (χ0) is 11.4. The molecule has 1 aromatic rings. The first-order chi connectivity index (χ1) is 7.79. The van der Waals surface area contributed by atoms with E-state index in [2.05, 4.69) is 6.07 Å². The van der Waals surface area contributed by atoms with E-state index >= 15 is 0 Å². The van der Waals surface area contributed by atoms with Crippen molar-refractivity contribution in [3.05, 3.63) is 35.4 Å². The van der Waals surface area contributed by atoms with Crippen LogP contribution in [-0.2, 0) is 17.6 Å². The van der Waals surface area contributed by atoms with Crippen molar-refractivity contribution in [3.63, 3.8) is 0 Å². The van der Waals surface area contributed by atoms with Crippen LogP contribution in [0.1, 0.15) is 30.4 Å². The Kier molecular flexibility index (Phi) is 3.36. The molecule has 2 nitrogen and oxygen atoms in total. The molecule has 0 amide bonds. The molecule has 1 atom stereocenters. The average Bonchev–Trinajstić information content (AvgIpc) is 2.68. The Balaban J connectivity index is 2.00. The van der Waals surface area contributed by atoms with Gasteiger partial charge in [0.1, 0.15) is 5.78 Å². The highest BCUT2D eigenvalue weighted by Gasteiger charge is 2.24. The lowest BCUT2D eigenvalue weighted by atomic mass is 9.96. The zero-order valence-electron chi connectivity index (χ0n) is 9.28. The van der Waals surface area contributed by atoms with E-state index in [0.29, 0.717) is 12.2 Å². The van der Waals surface area contributed by atoms with E-state index in [1.54, 1.807) is 0 Å². The maximum atomic E-state index is 11.5. The van der Waals surface area contributed by atoms with Crippen LogP contribution in [0.5, 0.6) is 0 Å². The van der Waals surface area contributed by atoms with Crippen LogP contribution < -0.4 is 0 Å². The Labute approximate surface area is 95.9 Å². The molecule has 0 bridgehead atoms. The molecule has 1 fully saturated rings. The average molecular weight is 213 g/mol. The molecule has 1 saturated carbocycles. The molecule has 1 aliphatic rings. The van der Waals surface area contributed by atoms with Gasteiger partial charge < -0.3 is 0 Å². The van der Waals surface area contributed by atoms with Gasteiger partial charge in [-0.1, -0.05) is 24.3 Å². The van der Waals surface area contributed by atoms with Crippen molar-refractivity contribution in [1.82, 2.24) is 0 Å². The summed E-state index contributed by atoms with van der Waals surface area (Å²) in [6.07, 6.45) is 4.18. The summed E-state index contributed by atoms with van der Waals surface area (Å²) in [6, 6.07) is 10.2. The third kappa shape index (κ3) is 2.49. The second kappa shape index (κ2) is 4.94. The molecule has 0 spiro atoms. The van der Waals surface area contributed by atoms with Gasteiger partial charge in [0.15, 0.2) is 0 Å². The number of hydrogen-bond donors (Lipinski definition) is 0. The standard InChI is InChI=1S/C14H15NO/c15-9-8-11-4-6-12(7-5-11)10-13-2-1-3-14(13)16/h4-7,13H,1-3,8,10H2. The molecule has 0 saturated heterocycles. The second-order valence-electron chi connectivity index (χ2n) is 4.41. The Morgan fingerprint density at radius 2 is 1.94 bits per heavy atom. The minimum Gasteiger partial charge on any atom is -0.299 e. The molecule has 0 radical (unpaired) electrons. The molecule has 1 aliphatic carbocycles. The van der Waals surface area contributed by atoms with E-state index in [1.165, 1.54) is 5.56 Å². The van der Waals surface area contributed by atoms with Crippen molar-refractivity contribution in [2.75, 3.05) is 0 Å². The van der Waals surface area contributed by atoms with Gasteiger partial charge in [0, 0.05) is 12.3 Å². The number of benzene rings is 1. The van der Waals surface area contributed by atoms with Gasteiger partial charge in [-0.25, -0.2) is 0 Å². The predicted octanol–water partition coefficient (Wildman–Crippen LogP) is 2.66. The van der Waals surface area contributed by atoms with Gasteiger partial charge in [0.05, 0.1) is 12.5 Å². The van der Waals surface area contributed by atoms with Gasteiger partial charge in [0.2, 0.25) is 0 Å². The summed E-state index contributed by atoms with van der Waals surface area (Å²) in [4.78, 5) is 11.5. The molecule has 1 unspecified atom stereocenters. The predicted molar refractivity (Wildman–Crippen MR) is 61.8 cm³/mol. The lowest BCUT2D eigenvalue weighted by Gasteiger charge is -2.07. The van der Waals surface area contributed by atoms with Gasteiger partial charge in [-0.3, -0.25) is 4.79 Å². The molecule has 2 heteroatoms. The second-order valence-corrected chi connectivity index (χ2v) is 4.41. The van der Waals surface area contributed by atoms with E-state index in [9.17, 15) is 4.79 Å². The smallest absolute Gasteiger partial charge is 0.136 e. The highest BCUT2D eigenvalue weighted by atomic mass is 16.1. The summed E-state index contributed by atoms with van der Waals surface area (Å²) < 4.78 is 0. The van der Waals surface area contributed by atoms with E-state index in [-0.39, 0.29) is 5.92 Å². The topological polar surface area (TPSA) is 40.9 Å². The van der Waals surface area contributed by atoms with Crippen molar-refractivity contribution >= 4 is 5.78 Å². The fraction of sp³-hybridized carbons (Fsp3) is 0.429. The van der Waals surface area contributed by atoms with E-state index < -0.39 is 0 Å². The summed E-state index contributed by atoms with van der Waals surface area (Å²) >= 11 is 0. The normalized spacial score (nSPS) is 19.7. The van der Waals surface area contributed by atoms with Crippen LogP contribution in [0.2, 0.25) is 0 Å². The third-order valence-corrected chi connectivity index (χ3v) is 3.22. The van der Waals surface area contributed by atoms with Crippen molar-refractivity contribution in [2.45, 2.75) is 32.1 Å². The van der Waals surface area contributed by atoms with Gasteiger partial charge in [0.25, 0.3) is 0 Å². The molecule has 0 aromatic heterocycles. The lowest BCUT2D eigenvalue weighted by molar-refractivity contribution is -0.120. The number of carbonyl (C=O) groups excluding carboxylic acids is 1. The zero-order valence-corrected chi connectivity index (χ0v) is 9.28. The first-order valence-electron chi connectivity index (χ1n) is 5.77. The van der Waals surface area contributed by atoms with Crippen molar-refractivity contribution in [1.29, 1.82) is 5.26 Å². The van der Waals surface area contributed by atoms with Crippen LogP contribution in [0.15, 0.2) is 24.3 Å². The van der Waals surface area contributed by atoms with Crippen LogP contribution in [0.3, 0.4) is 0 Å². The largest absolute Gasteiger partial charge is 0.299 e. The Hall–Kier alpha value is -1.62. The molecular weight excluding hydrogens is 198 g/mol. The minimum absolute atomic E-state index is 0.238. The number of nitrogens with zero attached hydrogens (tertiary/aromatic N) is 1. The third-order valence-electron chi connectivity index (χ3n) is 3.22. The Morgan fingerprint density at radius 3 is 2.50 bits per heavy atom. The Morgan fingerprint density at radius 1 is 1.25 bits per heavy atom. The SMILES string of the molecule is N#CCc1ccc(CC2CCCC2=O)cc1. The van der Waals surface area contributed by atoms with Crippen LogP contribution in [0.25, 0.3) is 0 Å². The molecule has 0 aliphatic heterocycles. The summed E-state index contributed by atoms with van der Waals surface area (Å²) in [5.74, 6) is 0.655. The van der Waals surface area contributed by atoms with Crippen LogP contribution in [0.4, 0.5) is 0 Å². The van der Waals surface area contributed by atoms with Crippen LogP contribution >= 0.6 is 0 Å². The summed E-state index contributed by atoms with van der Waals surface area (Å²) in [7, 11) is 0. The minimum atomic E-state index is 0.238. The van der Waals surface area contributed by atoms with Gasteiger partial charge >= 0.3 is 0 Å². The van der Waals surface area contributed by atoms with Gasteiger partial charge in [-0.15, -0.1) is 0 Å². The van der Waals surface area contributed by atoms with Crippen molar-refractivity contribution < 1.29 is 4.79 Å². The first-order valence-corrected chi connectivity index (χ1v) is 5.77. The maximum absolute atomic E-state index is 11.5. The molecule has 0 heterocycles. The quantitative estimate of drug-likeness (QED) is 0.774. The lowest BCUT2D eigenvalue weighted by Crippen LogP contribution is -2.09. The Bertz CT molecular complexity index is 413. The van der Waals surface area contributed by atoms with Crippen molar-refractivity contribution in [2.24, 2.45) is 5.92 Å². The highest BCUT2D eigenvalue weighted by molar-refractivity contribution is 5.83. The fourth-order valence-electron chi connectivity index (χ4n) is 2.27. The van der Waals surface area contributed by atoms with Crippen molar-refractivity contribution in [3.8, 4) is 6.07 Å². The number of rotatable bonds is 3. The van der Waals surface area contributed by atoms with E-state index in [1.807, 2.05) is 24.3 Å². The number of nitriles is 1.